The van der Waals surface area contributed by atoms with E-state index >= 15 is 0 Å². The molecular formula is C20H30N4O. The maximum Gasteiger partial charge on any atom is 0.102 e. The molecule has 2 unspecified atom stereocenters. The zero-order valence-electron chi connectivity index (χ0n) is 15.6. The van der Waals surface area contributed by atoms with Gasteiger partial charge in [0.05, 0.1) is 6.20 Å². The second-order valence-electron chi connectivity index (χ2n) is 7.42. The number of aliphatic hydroxyl groups is 1. The van der Waals surface area contributed by atoms with Gasteiger partial charge in [0.25, 0.3) is 0 Å². The van der Waals surface area contributed by atoms with E-state index in [-0.39, 0.29) is 6.04 Å². The number of hydrogen-bond acceptors (Lipinski definition) is 4. The Labute approximate surface area is 150 Å². The molecule has 1 aliphatic rings. The second-order valence-corrected chi connectivity index (χ2v) is 7.42. The first-order valence-corrected chi connectivity index (χ1v) is 9.25. The highest BCUT2D eigenvalue weighted by atomic mass is 16.3. The van der Waals surface area contributed by atoms with Crippen LogP contribution >= 0.6 is 0 Å². The molecule has 2 aromatic rings. The van der Waals surface area contributed by atoms with Gasteiger partial charge in [-0.25, -0.2) is 0 Å². The van der Waals surface area contributed by atoms with Crippen molar-refractivity contribution in [2.24, 2.45) is 7.05 Å². The minimum atomic E-state index is -0.934. The van der Waals surface area contributed by atoms with E-state index in [9.17, 15) is 5.11 Å². The molecule has 0 spiro atoms. The van der Waals surface area contributed by atoms with Crippen LogP contribution in [0.1, 0.15) is 50.3 Å². The predicted molar refractivity (Wildman–Crippen MR) is 102 cm³/mol. The van der Waals surface area contributed by atoms with Crippen LogP contribution in [0.25, 0.3) is 0 Å². The number of aromatic nitrogens is 2. The van der Waals surface area contributed by atoms with Crippen molar-refractivity contribution in [2.75, 3.05) is 24.5 Å². The maximum absolute atomic E-state index is 10.7. The lowest BCUT2D eigenvalue weighted by molar-refractivity contribution is 0.0543. The SMILES string of the molecule is CC(NCC(C)(O)c1cnn(C)c1)c1ccc(N2CCCCC2)cc1. The van der Waals surface area contributed by atoms with Gasteiger partial charge in [0, 0.05) is 50.2 Å². The van der Waals surface area contributed by atoms with E-state index in [1.807, 2.05) is 20.2 Å². The Hall–Kier alpha value is -1.85. The molecule has 1 saturated heterocycles. The summed E-state index contributed by atoms with van der Waals surface area (Å²) in [4.78, 5) is 2.47. The van der Waals surface area contributed by atoms with Crippen molar-refractivity contribution in [3.8, 4) is 0 Å². The largest absolute Gasteiger partial charge is 0.384 e. The van der Waals surface area contributed by atoms with Gasteiger partial charge in [-0.05, 0) is 50.8 Å². The highest BCUT2D eigenvalue weighted by Gasteiger charge is 2.25. The Morgan fingerprint density at radius 1 is 1.20 bits per heavy atom. The molecule has 1 aliphatic heterocycles. The van der Waals surface area contributed by atoms with E-state index in [0.29, 0.717) is 6.54 Å². The van der Waals surface area contributed by atoms with Crippen molar-refractivity contribution in [3.63, 3.8) is 0 Å². The highest BCUT2D eigenvalue weighted by molar-refractivity contribution is 5.48. The Morgan fingerprint density at radius 3 is 2.48 bits per heavy atom. The lowest BCUT2D eigenvalue weighted by Gasteiger charge is -2.29. The molecule has 0 radical (unpaired) electrons. The van der Waals surface area contributed by atoms with Gasteiger partial charge >= 0.3 is 0 Å². The lowest BCUT2D eigenvalue weighted by Crippen LogP contribution is -2.36. The van der Waals surface area contributed by atoms with Crippen LogP contribution in [-0.2, 0) is 12.6 Å². The average Bonchev–Trinajstić information content (AvgIpc) is 3.08. The van der Waals surface area contributed by atoms with Gasteiger partial charge in [-0.1, -0.05) is 12.1 Å². The number of nitrogens with zero attached hydrogens (tertiary/aromatic N) is 3. The van der Waals surface area contributed by atoms with Crippen LogP contribution in [0.2, 0.25) is 0 Å². The molecule has 0 amide bonds. The van der Waals surface area contributed by atoms with Gasteiger partial charge in [0.15, 0.2) is 0 Å². The highest BCUT2D eigenvalue weighted by Crippen LogP contribution is 2.24. The molecular weight excluding hydrogens is 312 g/mol. The summed E-state index contributed by atoms with van der Waals surface area (Å²) < 4.78 is 1.71. The molecule has 2 heterocycles. The molecule has 136 valence electrons. The van der Waals surface area contributed by atoms with Crippen molar-refractivity contribution in [3.05, 3.63) is 47.8 Å². The molecule has 1 aromatic heterocycles. The first-order valence-electron chi connectivity index (χ1n) is 9.25. The zero-order chi connectivity index (χ0) is 17.9. The van der Waals surface area contributed by atoms with Crippen molar-refractivity contribution < 1.29 is 5.11 Å². The smallest absolute Gasteiger partial charge is 0.102 e. The minimum absolute atomic E-state index is 0.179. The zero-order valence-corrected chi connectivity index (χ0v) is 15.6. The van der Waals surface area contributed by atoms with Crippen molar-refractivity contribution in [2.45, 2.75) is 44.8 Å². The van der Waals surface area contributed by atoms with Crippen LogP contribution in [0.5, 0.6) is 0 Å². The Bertz CT molecular complexity index is 671. The molecule has 3 rings (SSSR count). The fourth-order valence-corrected chi connectivity index (χ4v) is 3.40. The number of piperidine rings is 1. The summed E-state index contributed by atoms with van der Waals surface area (Å²) in [5, 5.41) is 18.3. The summed E-state index contributed by atoms with van der Waals surface area (Å²) in [7, 11) is 1.86. The fourth-order valence-electron chi connectivity index (χ4n) is 3.40. The van der Waals surface area contributed by atoms with E-state index in [2.05, 4.69) is 46.5 Å². The molecule has 1 aromatic carbocycles. The summed E-state index contributed by atoms with van der Waals surface area (Å²) in [5.41, 5.74) is 2.45. The number of nitrogens with one attached hydrogen (secondary N) is 1. The fraction of sp³-hybridized carbons (Fsp3) is 0.550. The predicted octanol–water partition coefficient (Wildman–Crippen LogP) is 2.97. The number of hydrogen-bond donors (Lipinski definition) is 2. The van der Waals surface area contributed by atoms with E-state index in [0.717, 1.165) is 5.56 Å². The van der Waals surface area contributed by atoms with Gasteiger partial charge < -0.3 is 15.3 Å². The summed E-state index contributed by atoms with van der Waals surface area (Å²) in [6.07, 6.45) is 7.53. The molecule has 0 saturated carbocycles. The third-order valence-electron chi connectivity index (χ3n) is 5.19. The van der Waals surface area contributed by atoms with Crippen LogP contribution in [-0.4, -0.2) is 34.5 Å². The van der Waals surface area contributed by atoms with Crippen LogP contribution in [0.3, 0.4) is 0 Å². The number of aryl methyl sites for hydroxylation is 1. The van der Waals surface area contributed by atoms with Gasteiger partial charge in [0.2, 0.25) is 0 Å². The lowest BCUT2D eigenvalue weighted by atomic mass is 9.98. The van der Waals surface area contributed by atoms with Crippen molar-refractivity contribution in [1.82, 2.24) is 15.1 Å². The maximum atomic E-state index is 10.7. The Kier molecular flexibility index (Phi) is 5.45. The molecule has 5 heteroatoms. The summed E-state index contributed by atoms with van der Waals surface area (Å²) in [6.45, 7) is 6.77. The molecule has 5 nitrogen and oxygen atoms in total. The van der Waals surface area contributed by atoms with Crippen LogP contribution in [0.15, 0.2) is 36.7 Å². The second kappa shape index (κ2) is 7.58. The average molecular weight is 342 g/mol. The summed E-state index contributed by atoms with van der Waals surface area (Å²) >= 11 is 0. The molecule has 0 bridgehead atoms. The van der Waals surface area contributed by atoms with Gasteiger partial charge in [-0.15, -0.1) is 0 Å². The first-order chi connectivity index (χ1) is 12.0. The topological polar surface area (TPSA) is 53.3 Å². The van der Waals surface area contributed by atoms with E-state index < -0.39 is 5.60 Å². The Morgan fingerprint density at radius 2 is 1.88 bits per heavy atom. The van der Waals surface area contributed by atoms with Gasteiger partial charge in [0.1, 0.15) is 5.60 Å². The quantitative estimate of drug-likeness (QED) is 0.847. The van der Waals surface area contributed by atoms with E-state index in [1.54, 1.807) is 10.9 Å². The van der Waals surface area contributed by atoms with Crippen LogP contribution in [0.4, 0.5) is 5.69 Å². The van der Waals surface area contributed by atoms with Gasteiger partial charge in [-0.3, -0.25) is 4.68 Å². The molecule has 1 fully saturated rings. The normalized spacial score (nSPS) is 18.8. The van der Waals surface area contributed by atoms with E-state index in [1.165, 1.54) is 43.6 Å². The summed E-state index contributed by atoms with van der Waals surface area (Å²) in [5.74, 6) is 0. The van der Waals surface area contributed by atoms with Crippen molar-refractivity contribution >= 4 is 5.69 Å². The van der Waals surface area contributed by atoms with Crippen LogP contribution < -0.4 is 10.2 Å². The van der Waals surface area contributed by atoms with Crippen molar-refractivity contribution in [1.29, 1.82) is 0 Å². The third-order valence-corrected chi connectivity index (χ3v) is 5.19. The molecule has 25 heavy (non-hydrogen) atoms. The number of rotatable bonds is 6. The van der Waals surface area contributed by atoms with E-state index in [4.69, 9.17) is 0 Å². The third kappa shape index (κ3) is 4.41. The molecule has 2 N–H and O–H groups in total. The Balaban J connectivity index is 1.58. The summed E-state index contributed by atoms with van der Waals surface area (Å²) in [6, 6.07) is 9.01. The standard InChI is InChI=1S/C20H30N4O/c1-16(21-15-20(2,25)18-13-22-23(3)14-18)17-7-9-19(10-8-17)24-11-5-4-6-12-24/h7-10,13-14,16,21,25H,4-6,11-12,15H2,1-3H3. The monoisotopic (exact) mass is 342 g/mol. The van der Waals surface area contributed by atoms with Crippen LogP contribution in [0, 0.1) is 0 Å². The molecule has 0 aliphatic carbocycles. The van der Waals surface area contributed by atoms with Gasteiger partial charge in [-0.2, -0.15) is 5.10 Å². The molecule has 2 atom stereocenters. The minimum Gasteiger partial charge on any atom is -0.384 e. The number of anilines is 1. The first kappa shape index (κ1) is 18.0. The number of benzene rings is 1.